The van der Waals surface area contributed by atoms with Gasteiger partial charge in [-0.2, -0.15) is 0 Å². The minimum Gasteiger partial charge on any atom is -0.481 e. The molecule has 4 aliphatic rings. The highest BCUT2D eigenvalue weighted by molar-refractivity contribution is 5.85. The molecule has 20 heavy (non-hydrogen) atoms. The first-order chi connectivity index (χ1) is 9.66. The summed E-state index contributed by atoms with van der Waals surface area (Å²) in [5.74, 6) is 1.28. The SMILES string of the molecule is O=C(O)C1CC=CCC1C(=O)NC1C2C3CCC(C3)C12. The summed E-state index contributed by atoms with van der Waals surface area (Å²) >= 11 is 0. The number of aliphatic carboxylic acids is 1. The average Bonchev–Trinajstić information content (AvgIpc) is 2.84. The van der Waals surface area contributed by atoms with Crippen molar-refractivity contribution in [1.29, 1.82) is 0 Å². The van der Waals surface area contributed by atoms with Crippen LogP contribution in [0.25, 0.3) is 0 Å². The van der Waals surface area contributed by atoms with Gasteiger partial charge in [0.1, 0.15) is 0 Å². The molecule has 0 heterocycles. The first kappa shape index (κ1) is 12.4. The van der Waals surface area contributed by atoms with Crippen molar-refractivity contribution in [2.45, 2.75) is 38.1 Å². The van der Waals surface area contributed by atoms with E-state index in [-0.39, 0.29) is 11.8 Å². The zero-order chi connectivity index (χ0) is 13.9. The predicted octanol–water partition coefficient (Wildman–Crippen LogP) is 1.81. The van der Waals surface area contributed by atoms with Gasteiger partial charge in [-0.25, -0.2) is 0 Å². The van der Waals surface area contributed by atoms with Crippen LogP contribution in [-0.4, -0.2) is 23.0 Å². The lowest BCUT2D eigenvalue weighted by molar-refractivity contribution is -0.147. The number of carboxylic acid groups (broad SMARTS) is 1. The maximum absolute atomic E-state index is 12.4. The molecule has 0 radical (unpaired) electrons. The molecular formula is C16H21NO3. The van der Waals surface area contributed by atoms with Crippen molar-refractivity contribution in [3.8, 4) is 0 Å². The molecule has 0 aromatic carbocycles. The summed E-state index contributed by atoms with van der Waals surface area (Å²) in [5.41, 5.74) is 0. The topological polar surface area (TPSA) is 66.4 Å². The standard InChI is InChI=1S/C16H21NO3/c18-15(10-3-1-2-4-11(10)16(19)20)17-14-12-8-5-6-9(7-8)13(12)14/h1-2,8-14H,3-7H2,(H,17,18)(H,19,20). The number of amides is 1. The molecule has 6 unspecified atom stereocenters. The number of fused-ring (bicyclic) bond motifs is 5. The lowest BCUT2D eigenvalue weighted by Gasteiger charge is -2.25. The molecule has 0 aliphatic heterocycles. The van der Waals surface area contributed by atoms with Gasteiger partial charge in [0, 0.05) is 6.04 Å². The van der Waals surface area contributed by atoms with Crippen LogP contribution in [0, 0.1) is 35.5 Å². The highest BCUT2D eigenvalue weighted by atomic mass is 16.4. The van der Waals surface area contributed by atoms with Crippen LogP contribution in [0.3, 0.4) is 0 Å². The maximum atomic E-state index is 12.4. The molecule has 4 heteroatoms. The summed E-state index contributed by atoms with van der Waals surface area (Å²) < 4.78 is 0. The van der Waals surface area contributed by atoms with Gasteiger partial charge in [0.25, 0.3) is 0 Å². The zero-order valence-corrected chi connectivity index (χ0v) is 11.5. The Labute approximate surface area is 118 Å². The van der Waals surface area contributed by atoms with Crippen LogP contribution in [0.1, 0.15) is 32.1 Å². The first-order valence-electron chi connectivity index (χ1n) is 7.85. The lowest BCUT2D eigenvalue weighted by atomic mass is 9.82. The number of allylic oxidation sites excluding steroid dienone is 2. The zero-order valence-electron chi connectivity index (χ0n) is 11.5. The van der Waals surface area contributed by atoms with Gasteiger partial charge in [-0.05, 0) is 55.8 Å². The summed E-state index contributed by atoms with van der Waals surface area (Å²) in [6, 6.07) is 0.356. The minimum absolute atomic E-state index is 0.0273. The third-order valence-electron chi connectivity index (χ3n) is 6.13. The Balaban J connectivity index is 1.41. The van der Waals surface area contributed by atoms with Crippen molar-refractivity contribution in [2.75, 3.05) is 0 Å². The van der Waals surface area contributed by atoms with Gasteiger partial charge >= 0.3 is 5.97 Å². The summed E-state index contributed by atoms with van der Waals surface area (Å²) in [5, 5.41) is 12.4. The van der Waals surface area contributed by atoms with E-state index in [9.17, 15) is 14.7 Å². The molecule has 2 N–H and O–H groups in total. The van der Waals surface area contributed by atoms with Crippen LogP contribution < -0.4 is 5.32 Å². The van der Waals surface area contributed by atoms with Crippen LogP contribution >= 0.6 is 0 Å². The van der Waals surface area contributed by atoms with Gasteiger partial charge in [0.2, 0.25) is 5.91 Å². The molecule has 1 amide bonds. The van der Waals surface area contributed by atoms with Crippen LogP contribution in [0.15, 0.2) is 12.2 Å². The van der Waals surface area contributed by atoms with Crippen molar-refractivity contribution >= 4 is 11.9 Å². The van der Waals surface area contributed by atoms with Crippen molar-refractivity contribution in [3.05, 3.63) is 12.2 Å². The van der Waals surface area contributed by atoms with E-state index in [0.29, 0.717) is 30.7 Å². The van der Waals surface area contributed by atoms with Crippen molar-refractivity contribution in [2.24, 2.45) is 35.5 Å². The van der Waals surface area contributed by atoms with Crippen molar-refractivity contribution in [3.63, 3.8) is 0 Å². The number of carbonyl (C=O) groups is 2. The minimum atomic E-state index is -0.842. The van der Waals surface area contributed by atoms with Crippen LogP contribution in [0.2, 0.25) is 0 Å². The van der Waals surface area contributed by atoms with E-state index >= 15 is 0 Å². The quantitative estimate of drug-likeness (QED) is 0.772. The van der Waals surface area contributed by atoms with E-state index in [0.717, 1.165) is 11.8 Å². The predicted molar refractivity (Wildman–Crippen MR) is 72.7 cm³/mol. The molecule has 0 aromatic rings. The third kappa shape index (κ3) is 1.73. The third-order valence-corrected chi connectivity index (χ3v) is 6.13. The number of hydrogen-bond acceptors (Lipinski definition) is 2. The monoisotopic (exact) mass is 275 g/mol. The fourth-order valence-corrected chi connectivity index (χ4v) is 5.17. The van der Waals surface area contributed by atoms with E-state index < -0.39 is 11.9 Å². The second kappa shape index (κ2) is 4.34. The highest BCUT2D eigenvalue weighted by Gasteiger charge is 2.65. The number of rotatable bonds is 3. The molecule has 4 aliphatic carbocycles. The molecule has 108 valence electrons. The summed E-state index contributed by atoms with van der Waals surface area (Å²) in [6.07, 6.45) is 8.92. The fourth-order valence-electron chi connectivity index (χ4n) is 5.17. The lowest BCUT2D eigenvalue weighted by Crippen LogP contribution is -2.41. The number of carbonyl (C=O) groups excluding carboxylic acids is 1. The van der Waals surface area contributed by atoms with Gasteiger partial charge in [0.05, 0.1) is 11.8 Å². The largest absolute Gasteiger partial charge is 0.481 e. The maximum Gasteiger partial charge on any atom is 0.307 e. The fraction of sp³-hybridized carbons (Fsp3) is 0.750. The number of hydrogen-bond donors (Lipinski definition) is 2. The highest BCUT2D eigenvalue weighted by Crippen LogP contribution is 2.65. The Morgan fingerprint density at radius 2 is 1.60 bits per heavy atom. The van der Waals surface area contributed by atoms with Gasteiger partial charge in [-0.1, -0.05) is 12.2 Å². The van der Waals surface area contributed by atoms with Gasteiger partial charge in [0.15, 0.2) is 0 Å². The van der Waals surface area contributed by atoms with Gasteiger partial charge < -0.3 is 10.4 Å². The molecule has 0 saturated heterocycles. The Morgan fingerprint density at radius 3 is 2.20 bits per heavy atom. The van der Waals surface area contributed by atoms with Gasteiger partial charge in [-0.15, -0.1) is 0 Å². The Hall–Kier alpha value is -1.32. The van der Waals surface area contributed by atoms with E-state index in [2.05, 4.69) is 5.32 Å². The molecule has 3 saturated carbocycles. The summed E-state index contributed by atoms with van der Waals surface area (Å²) in [7, 11) is 0. The second-order valence-corrected chi connectivity index (χ2v) is 7.02. The smallest absolute Gasteiger partial charge is 0.307 e. The Bertz CT molecular complexity index is 470. The summed E-state index contributed by atoms with van der Waals surface area (Å²) in [6.45, 7) is 0. The molecule has 0 aromatic heterocycles. The first-order valence-corrected chi connectivity index (χ1v) is 7.85. The average molecular weight is 275 g/mol. The van der Waals surface area contributed by atoms with E-state index in [4.69, 9.17) is 0 Å². The molecular weight excluding hydrogens is 254 g/mol. The molecule has 6 atom stereocenters. The molecule has 4 nitrogen and oxygen atoms in total. The molecule has 4 rings (SSSR count). The van der Waals surface area contributed by atoms with E-state index in [1.54, 1.807) is 0 Å². The van der Waals surface area contributed by atoms with Crippen molar-refractivity contribution in [1.82, 2.24) is 5.32 Å². The van der Waals surface area contributed by atoms with Crippen LogP contribution in [0.5, 0.6) is 0 Å². The van der Waals surface area contributed by atoms with Crippen molar-refractivity contribution < 1.29 is 14.7 Å². The molecule has 3 fully saturated rings. The second-order valence-electron chi connectivity index (χ2n) is 7.02. The summed E-state index contributed by atoms with van der Waals surface area (Å²) in [4.78, 5) is 23.7. The van der Waals surface area contributed by atoms with E-state index in [1.807, 2.05) is 12.2 Å². The molecule has 2 bridgehead atoms. The number of carboxylic acids is 1. The van der Waals surface area contributed by atoms with Crippen LogP contribution in [-0.2, 0) is 9.59 Å². The molecule has 0 spiro atoms. The van der Waals surface area contributed by atoms with Gasteiger partial charge in [-0.3, -0.25) is 9.59 Å². The Morgan fingerprint density at radius 1 is 1.00 bits per heavy atom. The Kier molecular flexibility index (Phi) is 2.69. The normalized spacial score (nSPS) is 47.9. The van der Waals surface area contributed by atoms with E-state index in [1.165, 1.54) is 19.3 Å². The van der Waals surface area contributed by atoms with Crippen LogP contribution in [0.4, 0.5) is 0 Å². The number of nitrogens with one attached hydrogen (secondary N) is 1.